The first-order valence-corrected chi connectivity index (χ1v) is 9.29. The molecular weight excluding hydrogens is 332 g/mol. The van der Waals surface area contributed by atoms with E-state index in [-0.39, 0.29) is 5.91 Å². The lowest BCUT2D eigenvalue weighted by Gasteiger charge is -2.14. The molecule has 0 aliphatic heterocycles. The molecule has 5 heteroatoms. The Hall–Kier alpha value is -2.40. The van der Waals surface area contributed by atoms with Crippen LogP contribution < -0.4 is 10.1 Å². The Morgan fingerprint density at radius 1 is 1.20 bits per heavy atom. The molecule has 0 aliphatic carbocycles. The lowest BCUT2D eigenvalue weighted by atomic mass is 10.2. The molecule has 0 saturated carbocycles. The van der Waals surface area contributed by atoms with Crippen LogP contribution in [-0.4, -0.2) is 23.5 Å². The molecule has 1 aromatic heterocycles. The van der Waals surface area contributed by atoms with Crippen molar-refractivity contribution in [3.05, 3.63) is 59.1 Å². The highest BCUT2D eigenvalue weighted by atomic mass is 32.1. The zero-order valence-electron chi connectivity index (χ0n) is 14.5. The molecule has 3 rings (SSSR count). The number of carbonyl (C=O) groups excluding carboxylic acids is 1. The van der Waals surface area contributed by atoms with Crippen molar-refractivity contribution in [2.75, 3.05) is 6.54 Å². The summed E-state index contributed by atoms with van der Waals surface area (Å²) in [5.74, 6) is 0.618. The lowest BCUT2D eigenvalue weighted by molar-refractivity contribution is -0.127. The van der Waals surface area contributed by atoms with Gasteiger partial charge in [0.2, 0.25) is 0 Å². The van der Waals surface area contributed by atoms with E-state index in [9.17, 15) is 4.79 Å². The fourth-order valence-electron chi connectivity index (χ4n) is 2.50. The number of hydrogen-bond acceptors (Lipinski definition) is 4. The van der Waals surface area contributed by atoms with E-state index in [0.717, 1.165) is 23.4 Å². The van der Waals surface area contributed by atoms with Crippen LogP contribution in [-0.2, 0) is 11.2 Å². The number of amides is 1. The molecule has 0 bridgehead atoms. The van der Waals surface area contributed by atoms with Gasteiger partial charge < -0.3 is 10.1 Å². The Morgan fingerprint density at radius 3 is 2.72 bits per heavy atom. The molecule has 1 unspecified atom stereocenters. The number of benzene rings is 2. The Labute approximate surface area is 151 Å². The van der Waals surface area contributed by atoms with Gasteiger partial charge in [0.25, 0.3) is 5.91 Å². The molecule has 4 nitrogen and oxygen atoms in total. The van der Waals surface area contributed by atoms with Gasteiger partial charge in [0.1, 0.15) is 5.75 Å². The maximum atomic E-state index is 12.1. The monoisotopic (exact) mass is 354 g/mol. The fraction of sp³-hybridized carbons (Fsp3) is 0.300. The number of aromatic nitrogens is 1. The van der Waals surface area contributed by atoms with Crippen LogP contribution in [0.4, 0.5) is 0 Å². The first kappa shape index (κ1) is 17.4. The molecule has 1 amide bonds. The standard InChI is InChI=1S/C20H22N2O2S/c1-14-9-11-16(12-10-14)24-15(2)20(23)21-13-5-8-19-22-17-6-3-4-7-18(17)25-19/h3-4,6-7,9-12,15H,5,8,13H2,1-2H3,(H,21,23). The first-order chi connectivity index (χ1) is 12.1. The van der Waals surface area contributed by atoms with E-state index in [0.29, 0.717) is 12.3 Å². The van der Waals surface area contributed by atoms with Crippen LogP contribution in [0.2, 0.25) is 0 Å². The molecule has 0 aliphatic rings. The van der Waals surface area contributed by atoms with Gasteiger partial charge in [-0.25, -0.2) is 4.98 Å². The molecule has 0 radical (unpaired) electrons. The third-order valence-corrected chi connectivity index (χ3v) is 5.00. The predicted molar refractivity (Wildman–Crippen MR) is 102 cm³/mol. The number of nitrogens with zero attached hydrogens (tertiary/aromatic N) is 1. The van der Waals surface area contributed by atoms with Gasteiger partial charge in [-0.15, -0.1) is 11.3 Å². The number of fused-ring (bicyclic) bond motifs is 1. The molecular formula is C20H22N2O2S. The lowest BCUT2D eigenvalue weighted by Crippen LogP contribution is -2.36. The van der Waals surface area contributed by atoms with E-state index in [1.54, 1.807) is 18.3 Å². The predicted octanol–water partition coefficient (Wildman–Crippen LogP) is 4.12. The summed E-state index contributed by atoms with van der Waals surface area (Å²) in [6, 6.07) is 15.8. The van der Waals surface area contributed by atoms with Gasteiger partial charge in [-0.3, -0.25) is 4.79 Å². The summed E-state index contributed by atoms with van der Waals surface area (Å²) in [5.41, 5.74) is 2.21. The number of aryl methyl sites for hydroxylation is 2. The van der Waals surface area contributed by atoms with Crippen molar-refractivity contribution in [1.29, 1.82) is 0 Å². The molecule has 2 aromatic carbocycles. The summed E-state index contributed by atoms with van der Waals surface area (Å²) in [6.45, 7) is 4.41. The SMILES string of the molecule is Cc1ccc(OC(C)C(=O)NCCCc2nc3ccccc3s2)cc1. The Bertz CT molecular complexity index is 809. The summed E-state index contributed by atoms with van der Waals surface area (Å²) in [7, 11) is 0. The van der Waals surface area contributed by atoms with Gasteiger partial charge in [-0.05, 0) is 44.5 Å². The van der Waals surface area contributed by atoms with E-state index in [1.807, 2.05) is 49.4 Å². The average Bonchev–Trinajstić information content (AvgIpc) is 3.03. The largest absolute Gasteiger partial charge is 0.481 e. The van der Waals surface area contributed by atoms with Crippen LogP contribution in [0.15, 0.2) is 48.5 Å². The van der Waals surface area contributed by atoms with Gasteiger partial charge in [0, 0.05) is 13.0 Å². The number of para-hydroxylation sites is 1. The Kier molecular flexibility index (Phi) is 5.66. The van der Waals surface area contributed by atoms with E-state index in [4.69, 9.17) is 4.74 Å². The maximum Gasteiger partial charge on any atom is 0.260 e. The molecule has 130 valence electrons. The van der Waals surface area contributed by atoms with Crippen molar-refractivity contribution in [2.45, 2.75) is 32.8 Å². The quantitative estimate of drug-likeness (QED) is 0.649. The van der Waals surface area contributed by atoms with Crippen molar-refractivity contribution >= 4 is 27.5 Å². The van der Waals surface area contributed by atoms with Gasteiger partial charge in [0.15, 0.2) is 6.10 Å². The number of rotatable bonds is 7. The number of thiazole rings is 1. The van der Waals surface area contributed by atoms with E-state index >= 15 is 0 Å². The third kappa shape index (κ3) is 4.79. The third-order valence-electron chi connectivity index (χ3n) is 3.91. The van der Waals surface area contributed by atoms with Crippen LogP contribution >= 0.6 is 11.3 Å². The average molecular weight is 354 g/mol. The maximum absolute atomic E-state index is 12.1. The molecule has 1 heterocycles. The van der Waals surface area contributed by atoms with Crippen molar-refractivity contribution < 1.29 is 9.53 Å². The number of hydrogen-bond donors (Lipinski definition) is 1. The topological polar surface area (TPSA) is 51.2 Å². The van der Waals surface area contributed by atoms with Gasteiger partial charge >= 0.3 is 0 Å². The highest BCUT2D eigenvalue weighted by Crippen LogP contribution is 2.22. The summed E-state index contributed by atoms with van der Waals surface area (Å²) in [5, 5.41) is 4.04. The summed E-state index contributed by atoms with van der Waals surface area (Å²) < 4.78 is 6.87. The minimum absolute atomic E-state index is 0.0927. The number of ether oxygens (including phenoxy) is 1. The smallest absolute Gasteiger partial charge is 0.260 e. The first-order valence-electron chi connectivity index (χ1n) is 8.47. The van der Waals surface area contributed by atoms with Crippen LogP contribution in [0, 0.1) is 6.92 Å². The Morgan fingerprint density at radius 2 is 1.96 bits per heavy atom. The van der Waals surface area contributed by atoms with Gasteiger partial charge in [-0.1, -0.05) is 29.8 Å². The normalized spacial score (nSPS) is 12.1. The van der Waals surface area contributed by atoms with E-state index in [2.05, 4.69) is 16.4 Å². The highest BCUT2D eigenvalue weighted by molar-refractivity contribution is 7.18. The number of nitrogens with one attached hydrogen (secondary N) is 1. The molecule has 3 aromatic rings. The van der Waals surface area contributed by atoms with Gasteiger partial charge in [0.05, 0.1) is 15.2 Å². The van der Waals surface area contributed by atoms with E-state index < -0.39 is 6.10 Å². The van der Waals surface area contributed by atoms with Crippen molar-refractivity contribution in [3.63, 3.8) is 0 Å². The number of carbonyl (C=O) groups is 1. The molecule has 1 atom stereocenters. The molecule has 0 saturated heterocycles. The van der Waals surface area contributed by atoms with Crippen LogP contribution in [0.1, 0.15) is 23.9 Å². The van der Waals surface area contributed by atoms with Gasteiger partial charge in [-0.2, -0.15) is 0 Å². The molecule has 25 heavy (non-hydrogen) atoms. The zero-order valence-corrected chi connectivity index (χ0v) is 15.3. The van der Waals surface area contributed by atoms with Crippen LogP contribution in [0.25, 0.3) is 10.2 Å². The van der Waals surface area contributed by atoms with E-state index in [1.165, 1.54) is 10.3 Å². The molecule has 0 spiro atoms. The minimum atomic E-state index is -0.509. The van der Waals surface area contributed by atoms with Crippen LogP contribution in [0.5, 0.6) is 5.75 Å². The summed E-state index contributed by atoms with van der Waals surface area (Å²) in [4.78, 5) is 16.7. The fourth-order valence-corrected chi connectivity index (χ4v) is 3.51. The minimum Gasteiger partial charge on any atom is -0.481 e. The summed E-state index contributed by atoms with van der Waals surface area (Å²) >= 11 is 1.72. The van der Waals surface area contributed by atoms with Crippen LogP contribution in [0.3, 0.4) is 0 Å². The summed E-state index contributed by atoms with van der Waals surface area (Å²) in [6.07, 6.45) is 1.22. The molecule has 1 N–H and O–H groups in total. The second-order valence-corrected chi connectivity index (χ2v) is 7.16. The van der Waals surface area contributed by atoms with Crippen molar-refractivity contribution in [3.8, 4) is 5.75 Å². The zero-order chi connectivity index (χ0) is 17.6. The Balaban J connectivity index is 1.41. The second kappa shape index (κ2) is 8.12. The second-order valence-electron chi connectivity index (χ2n) is 6.04. The van der Waals surface area contributed by atoms with Crippen molar-refractivity contribution in [2.24, 2.45) is 0 Å². The van der Waals surface area contributed by atoms with Crippen molar-refractivity contribution in [1.82, 2.24) is 10.3 Å². The molecule has 0 fully saturated rings. The highest BCUT2D eigenvalue weighted by Gasteiger charge is 2.14.